The normalized spacial score (nSPS) is 11.8. The number of aliphatic hydroxyl groups excluding tert-OH is 1. The molecule has 1 amide bonds. The van der Waals surface area contributed by atoms with Gasteiger partial charge in [-0.05, 0) is 12.0 Å². The predicted octanol–water partition coefficient (Wildman–Crippen LogP) is 2.72. The number of para-hydroxylation sites is 1. The van der Waals surface area contributed by atoms with Crippen LogP contribution in [0.15, 0.2) is 54.6 Å². The third-order valence-corrected chi connectivity index (χ3v) is 3.98. The molecule has 0 spiro atoms. The van der Waals surface area contributed by atoms with Gasteiger partial charge in [0.05, 0.1) is 17.4 Å². The van der Waals surface area contributed by atoms with Crippen LogP contribution in [0, 0.1) is 10.1 Å². The Balaban J connectivity index is 2.20. The van der Waals surface area contributed by atoms with Gasteiger partial charge < -0.3 is 10.0 Å². The van der Waals surface area contributed by atoms with Gasteiger partial charge in [-0.25, -0.2) is 0 Å². The molecule has 0 fully saturated rings. The van der Waals surface area contributed by atoms with Crippen LogP contribution in [-0.4, -0.2) is 34.5 Å². The van der Waals surface area contributed by atoms with Crippen molar-refractivity contribution in [3.63, 3.8) is 0 Å². The molecule has 0 aliphatic rings. The molecular formula is C18H20N2O4. The van der Waals surface area contributed by atoms with Crippen LogP contribution in [0.3, 0.4) is 0 Å². The summed E-state index contributed by atoms with van der Waals surface area (Å²) in [5.41, 5.74) is 1.25. The molecule has 6 nitrogen and oxygen atoms in total. The molecule has 1 atom stereocenters. The lowest BCUT2D eigenvalue weighted by atomic mass is 10.0. The largest absolute Gasteiger partial charge is 0.396 e. The summed E-state index contributed by atoms with van der Waals surface area (Å²) in [6.07, 6.45) is 0.353. The standard InChI is InChI=1S/C18H20N2O4/c1-19(16(11-12-21)14-7-3-2-4-8-14)18(22)13-15-9-5-6-10-17(15)20(23)24/h2-10,16,21H,11-13H2,1H3. The van der Waals surface area contributed by atoms with Gasteiger partial charge in [-0.15, -0.1) is 0 Å². The molecule has 0 bridgehead atoms. The maximum atomic E-state index is 12.6. The number of likely N-dealkylation sites (N-methyl/N-ethyl adjacent to an activating group) is 1. The summed E-state index contributed by atoms with van der Waals surface area (Å²) in [4.78, 5) is 24.7. The molecule has 6 heteroatoms. The number of benzene rings is 2. The van der Waals surface area contributed by atoms with Crippen LogP contribution < -0.4 is 0 Å². The summed E-state index contributed by atoms with van der Waals surface area (Å²) in [5, 5.41) is 20.4. The monoisotopic (exact) mass is 328 g/mol. The third kappa shape index (κ3) is 4.17. The molecule has 0 radical (unpaired) electrons. The second-order valence-corrected chi connectivity index (χ2v) is 5.51. The van der Waals surface area contributed by atoms with E-state index in [0.29, 0.717) is 12.0 Å². The first-order chi connectivity index (χ1) is 11.5. The van der Waals surface area contributed by atoms with Crippen molar-refractivity contribution in [1.82, 2.24) is 4.90 Å². The second-order valence-electron chi connectivity index (χ2n) is 5.51. The molecule has 0 aromatic heterocycles. The highest BCUT2D eigenvalue weighted by atomic mass is 16.6. The Kier molecular flexibility index (Phi) is 6.03. The number of aliphatic hydroxyl groups is 1. The molecule has 2 aromatic carbocycles. The fourth-order valence-corrected chi connectivity index (χ4v) is 2.68. The van der Waals surface area contributed by atoms with Gasteiger partial charge in [0.25, 0.3) is 5.69 Å². The molecule has 1 unspecified atom stereocenters. The van der Waals surface area contributed by atoms with E-state index < -0.39 is 4.92 Å². The lowest BCUT2D eigenvalue weighted by molar-refractivity contribution is -0.385. The minimum Gasteiger partial charge on any atom is -0.396 e. The van der Waals surface area contributed by atoms with Gasteiger partial charge in [0.2, 0.25) is 5.91 Å². The molecule has 0 saturated carbocycles. The summed E-state index contributed by atoms with van der Waals surface area (Å²) < 4.78 is 0. The van der Waals surface area contributed by atoms with E-state index in [4.69, 9.17) is 0 Å². The smallest absolute Gasteiger partial charge is 0.273 e. The molecule has 2 rings (SSSR count). The van der Waals surface area contributed by atoms with Crippen molar-refractivity contribution in [2.24, 2.45) is 0 Å². The number of nitro groups is 1. The molecular weight excluding hydrogens is 308 g/mol. The number of amides is 1. The van der Waals surface area contributed by atoms with Gasteiger partial charge in [-0.1, -0.05) is 48.5 Å². The summed E-state index contributed by atoms with van der Waals surface area (Å²) in [6.45, 7) is -0.0529. The van der Waals surface area contributed by atoms with Crippen molar-refractivity contribution in [2.45, 2.75) is 18.9 Å². The average molecular weight is 328 g/mol. The summed E-state index contributed by atoms with van der Waals surface area (Å²) in [7, 11) is 1.66. The highest BCUT2D eigenvalue weighted by Gasteiger charge is 2.23. The van der Waals surface area contributed by atoms with Crippen LogP contribution in [0.5, 0.6) is 0 Å². The minimum absolute atomic E-state index is 0.0529. The Hall–Kier alpha value is -2.73. The van der Waals surface area contributed by atoms with Crippen LogP contribution in [0.2, 0.25) is 0 Å². The third-order valence-electron chi connectivity index (χ3n) is 3.98. The van der Waals surface area contributed by atoms with Gasteiger partial charge in [0.1, 0.15) is 0 Å². The van der Waals surface area contributed by atoms with Crippen molar-refractivity contribution in [3.05, 3.63) is 75.8 Å². The van der Waals surface area contributed by atoms with E-state index in [0.717, 1.165) is 5.56 Å². The lowest BCUT2D eigenvalue weighted by Crippen LogP contribution is -2.33. The Morgan fingerprint density at radius 2 is 1.79 bits per heavy atom. The van der Waals surface area contributed by atoms with Crippen LogP contribution in [-0.2, 0) is 11.2 Å². The number of carbonyl (C=O) groups is 1. The van der Waals surface area contributed by atoms with E-state index in [-0.39, 0.29) is 30.7 Å². The minimum atomic E-state index is -0.481. The first kappa shape index (κ1) is 17.6. The van der Waals surface area contributed by atoms with Crippen molar-refractivity contribution < 1.29 is 14.8 Å². The zero-order valence-corrected chi connectivity index (χ0v) is 13.5. The van der Waals surface area contributed by atoms with Crippen molar-refractivity contribution in [3.8, 4) is 0 Å². The van der Waals surface area contributed by atoms with Gasteiger partial charge >= 0.3 is 0 Å². The summed E-state index contributed by atoms with van der Waals surface area (Å²) in [5.74, 6) is -0.230. The number of hydrogen-bond acceptors (Lipinski definition) is 4. The molecule has 0 aliphatic heterocycles. The zero-order chi connectivity index (χ0) is 17.5. The van der Waals surface area contributed by atoms with E-state index in [1.165, 1.54) is 6.07 Å². The predicted molar refractivity (Wildman–Crippen MR) is 90.5 cm³/mol. The van der Waals surface area contributed by atoms with Gasteiger partial charge in [0, 0.05) is 25.3 Å². The maximum Gasteiger partial charge on any atom is 0.273 e. The summed E-state index contributed by atoms with van der Waals surface area (Å²) in [6, 6.07) is 15.4. The summed E-state index contributed by atoms with van der Waals surface area (Å²) >= 11 is 0. The first-order valence-electron chi connectivity index (χ1n) is 7.68. The Labute approximate surface area is 140 Å². The second kappa shape index (κ2) is 8.21. The van der Waals surface area contributed by atoms with Crippen LogP contribution >= 0.6 is 0 Å². The van der Waals surface area contributed by atoms with Crippen LogP contribution in [0.25, 0.3) is 0 Å². The number of hydrogen-bond donors (Lipinski definition) is 1. The molecule has 2 aromatic rings. The molecule has 24 heavy (non-hydrogen) atoms. The van der Waals surface area contributed by atoms with E-state index in [2.05, 4.69) is 0 Å². The fraction of sp³-hybridized carbons (Fsp3) is 0.278. The highest BCUT2D eigenvalue weighted by molar-refractivity contribution is 5.80. The Bertz CT molecular complexity index is 703. The lowest BCUT2D eigenvalue weighted by Gasteiger charge is -2.28. The quantitative estimate of drug-likeness (QED) is 0.625. The number of carbonyl (C=O) groups excluding carboxylic acids is 1. The number of nitro benzene ring substituents is 1. The molecule has 1 N–H and O–H groups in total. The van der Waals surface area contributed by atoms with E-state index in [1.807, 2.05) is 30.3 Å². The number of nitrogens with zero attached hydrogens (tertiary/aromatic N) is 2. The first-order valence-corrected chi connectivity index (χ1v) is 7.68. The molecule has 0 aliphatic carbocycles. The number of rotatable bonds is 7. The maximum absolute atomic E-state index is 12.6. The topological polar surface area (TPSA) is 83.7 Å². The molecule has 126 valence electrons. The SMILES string of the molecule is CN(C(=O)Cc1ccccc1[N+](=O)[O-])C(CCO)c1ccccc1. The van der Waals surface area contributed by atoms with Gasteiger partial charge in [0.15, 0.2) is 0 Å². The fourth-order valence-electron chi connectivity index (χ4n) is 2.68. The highest BCUT2D eigenvalue weighted by Crippen LogP contribution is 2.25. The average Bonchev–Trinajstić information content (AvgIpc) is 2.60. The Morgan fingerprint density at radius 1 is 1.17 bits per heavy atom. The van der Waals surface area contributed by atoms with Crippen LogP contribution in [0.4, 0.5) is 5.69 Å². The van der Waals surface area contributed by atoms with E-state index in [9.17, 15) is 20.0 Å². The van der Waals surface area contributed by atoms with Crippen molar-refractivity contribution in [1.29, 1.82) is 0 Å². The molecule has 0 saturated heterocycles. The van der Waals surface area contributed by atoms with Crippen molar-refractivity contribution >= 4 is 11.6 Å². The Morgan fingerprint density at radius 3 is 2.42 bits per heavy atom. The van der Waals surface area contributed by atoms with Crippen molar-refractivity contribution in [2.75, 3.05) is 13.7 Å². The van der Waals surface area contributed by atoms with Gasteiger partial charge in [-0.2, -0.15) is 0 Å². The molecule has 0 heterocycles. The van der Waals surface area contributed by atoms with Gasteiger partial charge in [-0.3, -0.25) is 14.9 Å². The van der Waals surface area contributed by atoms with E-state index in [1.54, 1.807) is 30.1 Å². The zero-order valence-electron chi connectivity index (χ0n) is 13.5. The van der Waals surface area contributed by atoms with Crippen LogP contribution in [0.1, 0.15) is 23.6 Å². The van der Waals surface area contributed by atoms with E-state index >= 15 is 0 Å².